The fourth-order valence-electron chi connectivity index (χ4n) is 2.47. The second-order valence-electron chi connectivity index (χ2n) is 4.60. The minimum Gasteiger partial charge on any atom is -0.378 e. The molecule has 3 rings (SSSR count). The van der Waals surface area contributed by atoms with Gasteiger partial charge in [0.05, 0.1) is 18.2 Å². The second kappa shape index (κ2) is 5.64. The SMILES string of the molecule is Clc1cccc(N2CCOCC2)c1-c1ccccc1. The molecule has 2 aromatic carbocycles. The molecule has 1 aliphatic rings. The van der Waals surface area contributed by atoms with Gasteiger partial charge in [0.2, 0.25) is 0 Å². The van der Waals surface area contributed by atoms with Crippen LogP contribution in [-0.4, -0.2) is 26.3 Å². The highest BCUT2D eigenvalue weighted by Crippen LogP contribution is 2.37. The lowest BCUT2D eigenvalue weighted by atomic mass is 10.0. The van der Waals surface area contributed by atoms with Crippen molar-refractivity contribution >= 4 is 17.3 Å². The summed E-state index contributed by atoms with van der Waals surface area (Å²) >= 11 is 6.43. The zero-order valence-corrected chi connectivity index (χ0v) is 11.4. The zero-order chi connectivity index (χ0) is 13.1. The van der Waals surface area contributed by atoms with Crippen molar-refractivity contribution in [2.75, 3.05) is 31.2 Å². The Morgan fingerprint density at radius 2 is 1.63 bits per heavy atom. The number of anilines is 1. The maximum absolute atomic E-state index is 6.43. The highest BCUT2D eigenvalue weighted by atomic mass is 35.5. The van der Waals surface area contributed by atoms with Gasteiger partial charge < -0.3 is 9.64 Å². The molecule has 0 unspecified atom stereocenters. The third kappa shape index (κ3) is 2.60. The van der Waals surface area contributed by atoms with Crippen molar-refractivity contribution in [3.05, 3.63) is 53.6 Å². The van der Waals surface area contributed by atoms with Gasteiger partial charge in [-0.05, 0) is 17.7 Å². The summed E-state index contributed by atoms with van der Waals surface area (Å²) in [5.41, 5.74) is 3.48. The summed E-state index contributed by atoms with van der Waals surface area (Å²) in [6, 6.07) is 16.4. The number of hydrogen-bond donors (Lipinski definition) is 0. The number of hydrogen-bond acceptors (Lipinski definition) is 2. The number of morpholine rings is 1. The van der Waals surface area contributed by atoms with E-state index in [0.29, 0.717) is 0 Å². The van der Waals surface area contributed by atoms with Crippen LogP contribution in [0.1, 0.15) is 0 Å². The first-order chi connectivity index (χ1) is 9.36. The van der Waals surface area contributed by atoms with Crippen molar-refractivity contribution in [2.45, 2.75) is 0 Å². The Bertz CT molecular complexity index is 550. The van der Waals surface area contributed by atoms with Gasteiger partial charge in [0.25, 0.3) is 0 Å². The standard InChI is InChI=1S/C16H16ClNO/c17-14-7-4-8-15(18-9-11-19-12-10-18)16(14)13-5-2-1-3-6-13/h1-8H,9-12H2. The number of rotatable bonds is 2. The Hall–Kier alpha value is -1.51. The molecule has 1 heterocycles. The van der Waals surface area contributed by atoms with Crippen LogP contribution in [-0.2, 0) is 4.74 Å². The lowest BCUT2D eigenvalue weighted by Crippen LogP contribution is -2.36. The van der Waals surface area contributed by atoms with Crippen LogP contribution in [0, 0.1) is 0 Å². The van der Waals surface area contributed by atoms with Crippen LogP contribution in [0.3, 0.4) is 0 Å². The molecule has 1 aliphatic heterocycles. The Labute approximate surface area is 118 Å². The summed E-state index contributed by atoms with van der Waals surface area (Å²) in [7, 11) is 0. The molecule has 2 nitrogen and oxygen atoms in total. The van der Waals surface area contributed by atoms with E-state index in [1.807, 2.05) is 30.3 Å². The predicted molar refractivity (Wildman–Crippen MR) is 79.9 cm³/mol. The normalized spacial score (nSPS) is 15.5. The smallest absolute Gasteiger partial charge is 0.0642 e. The van der Waals surface area contributed by atoms with E-state index >= 15 is 0 Å². The van der Waals surface area contributed by atoms with Crippen LogP contribution >= 0.6 is 11.6 Å². The fraction of sp³-hybridized carbons (Fsp3) is 0.250. The number of halogens is 1. The summed E-state index contributed by atoms with van der Waals surface area (Å²) < 4.78 is 5.42. The van der Waals surface area contributed by atoms with Crippen molar-refractivity contribution in [3.8, 4) is 11.1 Å². The van der Waals surface area contributed by atoms with Gasteiger partial charge in [-0.3, -0.25) is 0 Å². The van der Waals surface area contributed by atoms with Gasteiger partial charge in [-0.25, -0.2) is 0 Å². The number of nitrogens with zero attached hydrogens (tertiary/aromatic N) is 1. The minimum absolute atomic E-state index is 0.779. The van der Waals surface area contributed by atoms with Crippen molar-refractivity contribution in [3.63, 3.8) is 0 Å². The van der Waals surface area contributed by atoms with Gasteiger partial charge in [-0.2, -0.15) is 0 Å². The maximum Gasteiger partial charge on any atom is 0.0642 e. The molecule has 0 aliphatic carbocycles. The van der Waals surface area contributed by atoms with Gasteiger partial charge in [0.15, 0.2) is 0 Å². The predicted octanol–water partition coefficient (Wildman–Crippen LogP) is 3.84. The highest BCUT2D eigenvalue weighted by Gasteiger charge is 2.17. The Balaban J connectivity index is 2.07. The van der Waals surface area contributed by atoms with E-state index in [2.05, 4.69) is 23.1 Å². The molecule has 0 bridgehead atoms. The van der Waals surface area contributed by atoms with E-state index in [4.69, 9.17) is 16.3 Å². The first kappa shape index (κ1) is 12.5. The molecule has 0 atom stereocenters. The molecular weight excluding hydrogens is 258 g/mol. The van der Waals surface area contributed by atoms with Crippen molar-refractivity contribution in [1.82, 2.24) is 0 Å². The van der Waals surface area contributed by atoms with E-state index in [9.17, 15) is 0 Å². The molecule has 0 aromatic heterocycles. The summed E-state index contributed by atoms with van der Waals surface area (Å²) in [4.78, 5) is 2.34. The molecule has 2 aromatic rings. The van der Waals surface area contributed by atoms with Crippen molar-refractivity contribution < 1.29 is 4.74 Å². The van der Waals surface area contributed by atoms with Crippen LogP contribution in [0.25, 0.3) is 11.1 Å². The first-order valence-corrected chi connectivity index (χ1v) is 6.91. The van der Waals surface area contributed by atoms with Crippen LogP contribution < -0.4 is 4.90 Å². The largest absolute Gasteiger partial charge is 0.378 e. The average Bonchev–Trinajstić information content (AvgIpc) is 2.49. The minimum atomic E-state index is 0.779. The van der Waals surface area contributed by atoms with E-state index in [1.165, 1.54) is 5.69 Å². The van der Waals surface area contributed by atoms with E-state index in [-0.39, 0.29) is 0 Å². The third-order valence-electron chi connectivity index (χ3n) is 3.41. The molecule has 0 radical (unpaired) electrons. The van der Waals surface area contributed by atoms with Crippen LogP contribution in [0.2, 0.25) is 5.02 Å². The molecule has 0 N–H and O–H groups in total. The van der Waals surface area contributed by atoms with Gasteiger partial charge in [-0.1, -0.05) is 48.0 Å². The molecule has 98 valence electrons. The average molecular weight is 274 g/mol. The first-order valence-electron chi connectivity index (χ1n) is 6.53. The summed E-state index contributed by atoms with van der Waals surface area (Å²) in [5, 5.41) is 0.801. The monoisotopic (exact) mass is 273 g/mol. The quantitative estimate of drug-likeness (QED) is 0.824. The summed E-state index contributed by atoms with van der Waals surface area (Å²) in [5.74, 6) is 0. The fourth-order valence-corrected chi connectivity index (χ4v) is 2.75. The highest BCUT2D eigenvalue weighted by molar-refractivity contribution is 6.34. The van der Waals surface area contributed by atoms with Crippen molar-refractivity contribution in [2.24, 2.45) is 0 Å². The van der Waals surface area contributed by atoms with Gasteiger partial charge >= 0.3 is 0 Å². The lowest BCUT2D eigenvalue weighted by molar-refractivity contribution is 0.123. The molecule has 0 spiro atoms. The third-order valence-corrected chi connectivity index (χ3v) is 3.72. The molecule has 3 heteroatoms. The van der Waals surface area contributed by atoms with E-state index < -0.39 is 0 Å². The van der Waals surface area contributed by atoms with Crippen molar-refractivity contribution in [1.29, 1.82) is 0 Å². The van der Waals surface area contributed by atoms with E-state index in [1.54, 1.807) is 0 Å². The van der Waals surface area contributed by atoms with Gasteiger partial charge in [0, 0.05) is 24.3 Å². The zero-order valence-electron chi connectivity index (χ0n) is 10.7. The number of ether oxygens (including phenoxy) is 1. The molecule has 0 saturated carbocycles. The van der Waals surface area contributed by atoms with Crippen LogP contribution in [0.15, 0.2) is 48.5 Å². The Morgan fingerprint density at radius 3 is 2.37 bits per heavy atom. The molecular formula is C16H16ClNO. The van der Waals surface area contributed by atoms with Gasteiger partial charge in [-0.15, -0.1) is 0 Å². The van der Waals surface area contributed by atoms with Gasteiger partial charge in [0.1, 0.15) is 0 Å². The molecule has 1 fully saturated rings. The van der Waals surface area contributed by atoms with E-state index in [0.717, 1.165) is 42.5 Å². The van der Waals surface area contributed by atoms with Crippen LogP contribution in [0.4, 0.5) is 5.69 Å². The molecule has 1 saturated heterocycles. The Kier molecular flexibility index (Phi) is 3.72. The topological polar surface area (TPSA) is 12.5 Å². The molecule has 0 amide bonds. The summed E-state index contributed by atoms with van der Waals surface area (Å²) in [6.07, 6.45) is 0. The summed E-state index contributed by atoms with van der Waals surface area (Å²) in [6.45, 7) is 3.39. The molecule has 19 heavy (non-hydrogen) atoms. The second-order valence-corrected chi connectivity index (χ2v) is 5.01. The maximum atomic E-state index is 6.43. The van der Waals surface area contributed by atoms with Crippen LogP contribution in [0.5, 0.6) is 0 Å². The number of benzene rings is 2. The lowest BCUT2D eigenvalue weighted by Gasteiger charge is -2.31. The Morgan fingerprint density at radius 1 is 0.895 bits per heavy atom.